The molecule has 3 aromatic rings. The fraction of sp³-hybridized carbons (Fsp3) is 0.300. The molecule has 2 aromatic heterocycles. The second-order valence-electron chi connectivity index (χ2n) is 6.53. The molecular formula is C20H22N4O2. The van der Waals surface area contributed by atoms with Gasteiger partial charge in [-0.05, 0) is 30.0 Å². The Kier molecular flexibility index (Phi) is 5.73. The standard InChI is InChI=1S/C20H22N4O2/c1-14(2)11-17(18-12-22-16-9-6-10-21-19(16)23-18)24-20(25)26-13-15-7-4-3-5-8-15/h3-10,12,14,17H,11,13H2,1-2H3,(H,24,25)/t17-/m0/s1. The minimum atomic E-state index is -0.470. The van der Waals surface area contributed by atoms with E-state index >= 15 is 0 Å². The Hall–Kier alpha value is -3.02. The molecule has 0 aliphatic heterocycles. The van der Waals surface area contributed by atoms with Crippen LogP contribution < -0.4 is 5.32 Å². The van der Waals surface area contributed by atoms with Crippen LogP contribution in [0.1, 0.15) is 37.6 Å². The number of ether oxygens (including phenoxy) is 1. The summed E-state index contributed by atoms with van der Waals surface area (Å²) >= 11 is 0. The van der Waals surface area contributed by atoms with Crippen molar-refractivity contribution in [2.24, 2.45) is 5.92 Å². The smallest absolute Gasteiger partial charge is 0.408 e. The minimum absolute atomic E-state index is 0.228. The first kappa shape index (κ1) is 17.8. The van der Waals surface area contributed by atoms with Crippen molar-refractivity contribution < 1.29 is 9.53 Å². The average Bonchev–Trinajstić information content (AvgIpc) is 2.66. The minimum Gasteiger partial charge on any atom is -0.445 e. The van der Waals surface area contributed by atoms with Gasteiger partial charge in [0.2, 0.25) is 0 Å². The van der Waals surface area contributed by atoms with Crippen molar-refractivity contribution >= 4 is 17.3 Å². The van der Waals surface area contributed by atoms with Crippen LogP contribution >= 0.6 is 0 Å². The molecule has 2 heterocycles. The summed E-state index contributed by atoms with van der Waals surface area (Å²) in [6.45, 7) is 4.42. The zero-order chi connectivity index (χ0) is 18.4. The number of alkyl carbamates (subject to hydrolysis) is 1. The van der Waals surface area contributed by atoms with Gasteiger partial charge in [0.15, 0.2) is 5.65 Å². The summed E-state index contributed by atoms with van der Waals surface area (Å²) in [6.07, 6.45) is 3.63. The maximum Gasteiger partial charge on any atom is 0.408 e. The van der Waals surface area contributed by atoms with Gasteiger partial charge in [-0.15, -0.1) is 0 Å². The van der Waals surface area contributed by atoms with E-state index in [1.54, 1.807) is 12.4 Å². The lowest BCUT2D eigenvalue weighted by molar-refractivity contribution is 0.134. The van der Waals surface area contributed by atoms with Crippen LogP contribution in [0.4, 0.5) is 4.79 Å². The molecule has 0 bridgehead atoms. The molecule has 0 aliphatic carbocycles. The van der Waals surface area contributed by atoms with Gasteiger partial charge >= 0.3 is 6.09 Å². The number of nitrogens with one attached hydrogen (secondary N) is 1. The monoisotopic (exact) mass is 350 g/mol. The van der Waals surface area contributed by atoms with Crippen molar-refractivity contribution in [3.8, 4) is 0 Å². The van der Waals surface area contributed by atoms with Gasteiger partial charge in [0.1, 0.15) is 12.1 Å². The zero-order valence-corrected chi connectivity index (χ0v) is 14.9. The van der Waals surface area contributed by atoms with E-state index in [1.165, 1.54) is 0 Å². The van der Waals surface area contributed by atoms with Crippen LogP contribution in [0, 0.1) is 5.92 Å². The van der Waals surface area contributed by atoms with Crippen molar-refractivity contribution in [3.63, 3.8) is 0 Å². The van der Waals surface area contributed by atoms with E-state index in [9.17, 15) is 4.79 Å². The fourth-order valence-electron chi connectivity index (χ4n) is 2.66. The zero-order valence-electron chi connectivity index (χ0n) is 14.9. The van der Waals surface area contributed by atoms with E-state index in [2.05, 4.69) is 34.1 Å². The molecule has 0 unspecified atom stereocenters. The Morgan fingerprint density at radius 3 is 2.69 bits per heavy atom. The normalized spacial score (nSPS) is 12.1. The second-order valence-corrected chi connectivity index (χ2v) is 6.53. The topological polar surface area (TPSA) is 77.0 Å². The number of hydrogen-bond donors (Lipinski definition) is 1. The highest BCUT2D eigenvalue weighted by molar-refractivity contribution is 5.70. The van der Waals surface area contributed by atoms with E-state index in [1.807, 2.05) is 42.5 Å². The van der Waals surface area contributed by atoms with Crippen LogP contribution in [0.5, 0.6) is 0 Å². The average molecular weight is 350 g/mol. The molecule has 6 heteroatoms. The molecule has 1 aromatic carbocycles. The van der Waals surface area contributed by atoms with Gasteiger partial charge < -0.3 is 10.1 Å². The van der Waals surface area contributed by atoms with Crippen molar-refractivity contribution in [1.82, 2.24) is 20.3 Å². The van der Waals surface area contributed by atoms with Crippen LogP contribution in [-0.4, -0.2) is 21.0 Å². The first-order valence-electron chi connectivity index (χ1n) is 8.66. The van der Waals surface area contributed by atoms with E-state index in [0.717, 1.165) is 17.5 Å². The van der Waals surface area contributed by atoms with Crippen LogP contribution in [0.25, 0.3) is 11.2 Å². The van der Waals surface area contributed by atoms with E-state index in [4.69, 9.17) is 4.74 Å². The van der Waals surface area contributed by atoms with Gasteiger partial charge in [-0.1, -0.05) is 44.2 Å². The molecule has 3 rings (SSSR count). The number of fused-ring (bicyclic) bond motifs is 1. The number of carbonyl (C=O) groups is 1. The fourth-order valence-corrected chi connectivity index (χ4v) is 2.66. The lowest BCUT2D eigenvalue weighted by atomic mass is 10.0. The first-order chi connectivity index (χ1) is 12.6. The van der Waals surface area contributed by atoms with Crippen LogP contribution in [0.15, 0.2) is 54.9 Å². The molecule has 0 saturated carbocycles. The first-order valence-corrected chi connectivity index (χ1v) is 8.66. The Labute approximate surface area is 152 Å². The Bertz CT molecular complexity index is 868. The van der Waals surface area contributed by atoms with Gasteiger partial charge in [0.25, 0.3) is 0 Å². The van der Waals surface area contributed by atoms with Crippen molar-refractivity contribution in [3.05, 3.63) is 66.1 Å². The maximum atomic E-state index is 12.2. The third-order valence-corrected chi connectivity index (χ3v) is 3.91. The van der Waals surface area contributed by atoms with Crippen molar-refractivity contribution in [2.75, 3.05) is 0 Å². The predicted octanol–water partition coefficient (Wildman–Crippen LogP) is 4.04. The Morgan fingerprint density at radius 2 is 1.92 bits per heavy atom. The Balaban J connectivity index is 1.71. The van der Waals surface area contributed by atoms with Gasteiger partial charge in [-0.3, -0.25) is 4.98 Å². The summed E-state index contributed by atoms with van der Waals surface area (Å²) in [4.78, 5) is 25.4. The van der Waals surface area contributed by atoms with Gasteiger partial charge in [0.05, 0.1) is 17.9 Å². The molecule has 134 valence electrons. The number of pyridine rings is 1. The summed E-state index contributed by atoms with van der Waals surface area (Å²) in [5, 5.41) is 2.91. The number of carbonyl (C=O) groups excluding carboxylic acids is 1. The number of aromatic nitrogens is 3. The highest BCUT2D eigenvalue weighted by Crippen LogP contribution is 2.21. The van der Waals surface area contributed by atoms with Crippen LogP contribution in [0.3, 0.4) is 0 Å². The summed E-state index contributed by atoms with van der Waals surface area (Å²) in [5.74, 6) is 0.371. The largest absolute Gasteiger partial charge is 0.445 e. The molecule has 1 N–H and O–H groups in total. The molecule has 1 atom stereocenters. The molecule has 26 heavy (non-hydrogen) atoms. The lowest BCUT2D eigenvalue weighted by Crippen LogP contribution is -2.30. The van der Waals surface area contributed by atoms with Gasteiger partial charge in [0, 0.05) is 6.20 Å². The summed E-state index contributed by atoms with van der Waals surface area (Å²) in [5.41, 5.74) is 2.92. The van der Waals surface area contributed by atoms with Crippen LogP contribution in [-0.2, 0) is 11.3 Å². The number of rotatable bonds is 6. The second kappa shape index (κ2) is 8.38. The van der Waals surface area contributed by atoms with Gasteiger partial charge in [-0.25, -0.2) is 14.8 Å². The van der Waals surface area contributed by atoms with Crippen molar-refractivity contribution in [1.29, 1.82) is 0 Å². The van der Waals surface area contributed by atoms with E-state index in [-0.39, 0.29) is 12.6 Å². The molecule has 0 fully saturated rings. The molecule has 0 saturated heterocycles. The number of nitrogens with zero attached hydrogens (tertiary/aromatic N) is 3. The van der Waals surface area contributed by atoms with Gasteiger partial charge in [-0.2, -0.15) is 0 Å². The van der Waals surface area contributed by atoms with Crippen LogP contribution in [0.2, 0.25) is 0 Å². The van der Waals surface area contributed by atoms with E-state index in [0.29, 0.717) is 17.3 Å². The number of amides is 1. The highest BCUT2D eigenvalue weighted by atomic mass is 16.5. The Morgan fingerprint density at radius 1 is 1.12 bits per heavy atom. The van der Waals surface area contributed by atoms with E-state index < -0.39 is 6.09 Å². The molecule has 0 radical (unpaired) electrons. The third kappa shape index (κ3) is 4.75. The molecule has 0 aliphatic rings. The predicted molar refractivity (Wildman–Crippen MR) is 99.3 cm³/mol. The SMILES string of the molecule is CC(C)C[C@H](NC(=O)OCc1ccccc1)c1cnc2cccnc2n1. The number of hydrogen-bond acceptors (Lipinski definition) is 5. The molecular weight excluding hydrogens is 328 g/mol. The van der Waals surface area contributed by atoms with Crippen molar-refractivity contribution in [2.45, 2.75) is 32.9 Å². The summed E-state index contributed by atoms with van der Waals surface area (Å²) in [6, 6.07) is 13.0. The highest BCUT2D eigenvalue weighted by Gasteiger charge is 2.19. The molecule has 1 amide bonds. The molecule has 0 spiro atoms. The third-order valence-electron chi connectivity index (χ3n) is 3.91. The lowest BCUT2D eigenvalue weighted by Gasteiger charge is -2.20. The molecule has 6 nitrogen and oxygen atoms in total. The number of benzene rings is 1. The maximum absolute atomic E-state index is 12.2. The quantitative estimate of drug-likeness (QED) is 0.726. The summed E-state index contributed by atoms with van der Waals surface area (Å²) < 4.78 is 5.34. The summed E-state index contributed by atoms with van der Waals surface area (Å²) in [7, 11) is 0.